The summed E-state index contributed by atoms with van der Waals surface area (Å²) in [5.41, 5.74) is 20.5. The SMILES string of the molecule is CC(C)(C)c1cc(-c2[c-]cccc2)ncn1.CC(O)CC(C)O.[Ir].c1cc(-c2cc(-c3cccc(-n4c5ccccc5c5ccccc54)c3)ncn2)cc(-n2c3ccccc3c3ccccc32)c1.c1ccc(-c2ccnc3c2ccc2c(-c4ccccc4)ccnc23)cc1. The first-order valence-electron chi connectivity index (χ1n) is 31.4. The number of aliphatic hydroxyl groups is 2. The monoisotopic (exact) mass is 1400 g/mol. The Kier molecular flexibility index (Phi) is 19.2. The van der Waals surface area contributed by atoms with Gasteiger partial charge in [0.25, 0.3) is 0 Å². The fourth-order valence-corrected chi connectivity index (χ4v) is 12.2. The maximum absolute atomic E-state index is 8.56. The maximum atomic E-state index is 8.56. The molecule has 11 heteroatoms. The van der Waals surface area contributed by atoms with E-state index < -0.39 is 0 Å². The van der Waals surface area contributed by atoms with Gasteiger partial charge in [0.15, 0.2) is 0 Å². The van der Waals surface area contributed by atoms with Gasteiger partial charge in [-0.2, -0.15) is 0 Å². The first-order chi connectivity index (χ1) is 45.4. The van der Waals surface area contributed by atoms with Crippen molar-refractivity contribution in [3.63, 3.8) is 0 Å². The van der Waals surface area contributed by atoms with Crippen molar-refractivity contribution in [1.82, 2.24) is 39.0 Å². The summed E-state index contributed by atoms with van der Waals surface area (Å²) in [6.45, 7) is 9.76. The van der Waals surface area contributed by atoms with Gasteiger partial charge in [-0.25, -0.2) is 15.0 Å². The molecule has 0 saturated heterocycles. The molecule has 0 fully saturated rings. The van der Waals surface area contributed by atoms with E-state index in [9.17, 15) is 0 Å². The molecule has 94 heavy (non-hydrogen) atoms. The van der Waals surface area contributed by atoms with Gasteiger partial charge in [0.2, 0.25) is 0 Å². The number of para-hydroxylation sites is 4. The third kappa shape index (κ3) is 13.6. The largest absolute Gasteiger partial charge is 0.393 e. The van der Waals surface area contributed by atoms with Gasteiger partial charge in [0.1, 0.15) is 12.7 Å². The molecule has 2 atom stereocenters. The molecule has 1 radical (unpaired) electrons. The van der Waals surface area contributed by atoms with Crippen molar-refractivity contribution in [1.29, 1.82) is 0 Å². The van der Waals surface area contributed by atoms with Gasteiger partial charge in [0.05, 0.1) is 56.7 Å². The molecule has 16 aromatic rings. The van der Waals surface area contributed by atoms with E-state index in [0.717, 1.165) is 72.6 Å². The standard InChI is InChI=1S/C40H26N4.C24H16N2.C14H15N2.C5H12O2.Ir/c1-5-19-37-31(15-1)32-16-2-6-20-38(32)43(37)29-13-9-11-27(23-29)35-25-36(42-26-41-35)28-12-10-14-30(24-28)44-39-21-7-3-17-33(39)34-18-4-8-22-40(34)44;1-3-7-17(8-4-1)19-13-15-25-23-21(19)11-12-22-20(14-16-26-24(22)23)18-9-5-2-6-10-18;1-14(2,3)13-9-12(15-10-16-13)11-7-5-4-6-8-11;1-4(6)3-5(2)7;/h1-26H;1-16H;4-7,9-10H,1-3H3;4-7H,3H2,1-2H3;/q;;-1;;. The fraction of sp³-hybridized carbons (Fsp3) is 0.108. The van der Waals surface area contributed by atoms with Crippen LogP contribution in [-0.2, 0) is 25.5 Å². The summed E-state index contributed by atoms with van der Waals surface area (Å²) in [7, 11) is 0. The van der Waals surface area contributed by atoms with Crippen LogP contribution < -0.4 is 0 Å². The van der Waals surface area contributed by atoms with E-state index in [1.807, 2.05) is 54.9 Å². The van der Waals surface area contributed by atoms with E-state index in [2.05, 4.69) is 280 Å². The normalized spacial score (nSPS) is 11.9. The van der Waals surface area contributed by atoms with Crippen LogP contribution >= 0.6 is 0 Å². The van der Waals surface area contributed by atoms with E-state index in [1.54, 1.807) is 26.5 Å². The van der Waals surface area contributed by atoms with Gasteiger partial charge < -0.3 is 19.3 Å². The molecule has 6 heterocycles. The number of nitrogens with zero attached hydrogens (tertiary/aromatic N) is 8. The molecule has 2 N–H and O–H groups in total. The van der Waals surface area contributed by atoms with Gasteiger partial charge in [0, 0.05) is 98.4 Å². The predicted octanol–water partition coefficient (Wildman–Crippen LogP) is 19.5. The van der Waals surface area contributed by atoms with E-state index in [1.165, 1.54) is 65.9 Å². The summed E-state index contributed by atoms with van der Waals surface area (Å²) < 4.78 is 4.68. The number of fused-ring (bicyclic) bond motifs is 9. The van der Waals surface area contributed by atoms with E-state index in [0.29, 0.717) is 6.42 Å². The number of aliphatic hydroxyl groups excluding tert-OH is 2. The quantitative estimate of drug-likeness (QED) is 0.108. The van der Waals surface area contributed by atoms with E-state index in [-0.39, 0.29) is 37.7 Å². The van der Waals surface area contributed by atoms with Gasteiger partial charge in [-0.05, 0) is 115 Å². The molecular weight excluding hydrogens is 1330 g/mol. The number of aromatic nitrogens is 8. The van der Waals surface area contributed by atoms with Crippen LogP contribution in [0.5, 0.6) is 0 Å². The van der Waals surface area contributed by atoms with Gasteiger partial charge in [-0.3, -0.25) is 15.0 Å². The Balaban J connectivity index is 0.000000143. The molecule has 0 aliphatic heterocycles. The summed E-state index contributed by atoms with van der Waals surface area (Å²) in [4.78, 5) is 27.3. The second-order valence-electron chi connectivity index (χ2n) is 24.2. The summed E-state index contributed by atoms with van der Waals surface area (Å²) in [6.07, 6.45) is 6.77. The number of benzene rings is 10. The molecule has 16 rings (SSSR count). The molecule has 10 aromatic carbocycles. The van der Waals surface area contributed by atoms with Crippen molar-refractivity contribution < 1.29 is 30.3 Å². The fourth-order valence-electron chi connectivity index (χ4n) is 12.2. The van der Waals surface area contributed by atoms with Crippen LogP contribution in [0.2, 0.25) is 0 Å². The Hall–Kier alpha value is -10.7. The van der Waals surface area contributed by atoms with E-state index in [4.69, 9.17) is 20.2 Å². The summed E-state index contributed by atoms with van der Waals surface area (Å²) >= 11 is 0. The van der Waals surface area contributed by atoms with Crippen LogP contribution in [0.4, 0.5) is 0 Å². The molecule has 0 bridgehead atoms. The molecule has 0 aliphatic rings. The molecule has 0 saturated carbocycles. The zero-order chi connectivity index (χ0) is 63.8. The zero-order valence-electron chi connectivity index (χ0n) is 52.9. The number of pyridine rings is 2. The first kappa shape index (κ1) is 63.5. The number of rotatable bonds is 9. The average Bonchev–Trinajstić information content (AvgIpc) is 1.53. The maximum Gasteiger partial charge on any atom is 0.116 e. The first-order valence-corrected chi connectivity index (χ1v) is 31.4. The molecule has 6 aromatic heterocycles. The minimum Gasteiger partial charge on any atom is -0.393 e. The number of hydrogen-bond donors (Lipinski definition) is 2. The average molecular weight is 1400 g/mol. The van der Waals surface area contributed by atoms with Crippen LogP contribution in [0.15, 0.2) is 292 Å². The van der Waals surface area contributed by atoms with Crippen LogP contribution in [0.3, 0.4) is 0 Å². The van der Waals surface area contributed by atoms with Gasteiger partial charge in [-0.1, -0.05) is 197 Å². The predicted molar refractivity (Wildman–Crippen MR) is 382 cm³/mol. The molecule has 0 aliphatic carbocycles. The van der Waals surface area contributed by atoms with Crippen LogP contribution in [0, 0.1) is 6.07 Å². The molecule has 0 amide bonds. The van der Waals surface area contributed by atoms with Gasteiger partial charge >= 0.3 is 0 Å². The van der Waals surface area contributed by atoms with Crippen LogP contribution in [0.1, 0.15) is 46.7 Å². The number of hydrogen-bond acceptors (Lipinski definition) is 8. The Bertz CT molecular complexity index is 4870. The van der Waals surface area contributed by atoms with Crippen LogP contribution in [0.25, 0.3) is 133 Å². The van der Waals surface area contributed by atoms with Crippen molar-refractivity contribution in [3.8, 4) is 67.4 Å². The van der Waals surface area contributed by atoms with Crippen LogP contribution in [-0.4, -0.2) is 61.5 Å². The Labute approximate surface area is 561 Å². The molecule has 0 spiro atoms. The summed E-state index contributed by atoms with van der Waals surface area (Å²) in [5, 5.41) is 24.4. The second-order valence-corrected chi connectivity index (χ2v) is 24.2. The van der Waals surface area contributed by atoms with Crippen molar-refractivity contribution in [2.75, 3.05) is 0 Å². The van der Waals surface area contributed by atoms with Crippen molar-refractivity contribution >= 4 is 65.4 Å². The van der Waals surface area contributed by atoms with Crippen molar-refractivity contribution in [2.24, 2.45) is 0 Å². The minimum atomic E-state index is -0.375. The Morgan fingerprint density at radius 1 is 0.372 bits per heavy atom. The smallest absolute Gasteiger partial charge is 0.116 e. The van der Waals surface area contributed by atoms with Crippen molar-refractivity contribution in [3.05, 3.63) is 304 Å². The second kappa shape index (κ2) is 28.5. The third-order valence-corrected chi connectivity index (χ3v) is 16.5. The zero-order valence-corrected chi connectivity index (χ0v) is 55.3. The Morgan fingerprint density at radius 3 is 1.17 bits per heavy atom. The molecule has 10 nitrogen and oxygen atoms in total. The minimum absolute atomic E-state index is 0. The summed E-state index contributed by atoms with van der Waals surface area (Å²) in [5.74, 6) is 0. The molecule has 463 valence electrons. The third-order valence-electron chi connectivity index (χ3n) is 16.5. The van der Waals surface area contributed by atoms with Gasteiger partial charge in [-0.15, -0.1) is 35.9 Å². The summed E-state index contributed by atoms with van der Waals surface area (Å²) in [6, 6.07) is 96.1. The molecule has 2 unspecified atom stereocenters. The topological polar surface area (TPSA) is 128 Å². The van der Waals surface area contributed by atoms with E-state index >= 15 is 0 Å². The Morgan fingerprint density at radius 2 is 0.766 bits per heavy atom. The molecular formula is C83H69IrN8O2-. The van der Waals surface area contributed by atoms with Crippen molar-refractivity contribution in [2.45, 2.75) is 58.7 Å².